The molecule has 0 aliphatic rings. The molecule has 0 aliphatic heterocycles. The Morgan fingerprint density at radius 3 is 0.444 bits per heavy atom. The van der Waals surface area contributed by atoms with Crippen molar-refractivity contribution in [3.63, 3.8) is 0 Å². The van der Waals surface area contributed by atoms with Crippen molar-refractivity contribution in [2.45, 2.75) is 0 Å². The predicted molar refractivity (Wildman–Crippen MR) is 23.7 cm³/mol. The average Bonchev–Trinajstić information content (AvgIpc) is 2.03. The van der Waals surface area contributed by atoms with Crippen LogP contribution in [0.25, 0.3) is 0 Å². The standard InChI is InChI=1S/4CH3O.Pt/c4*1-2;/h4*1H3;/q4*-1;+4. The Kier molecular flexibility index (Phi) is 6500. The van der Waals surface area contributed by atoms with E-state index >= 15 is 0 Å². The Morgan fingerprint density at radius 1 is 0.444 bits per heavy atom. The van der Waals surface area contributed by atoms with Crippen molar-refractivity contribution in [3.05, 3.63) is 0 Å². The molecule has 0 N–H and O–H groups in total. The SMILES string of the molecule is C[O-].C[O-].C[O-].C[O-].[Pt+4]. The maximum absolute atomic E-state index is 8.25. The van der Waals surface area contributed by atoms with Gasteiger partial charge in [0.2, 0.25) is 0 Å². The summed E-state index contributed by atoms with van der Waals surface area (Å²) >= 11 is 0. The molecular formula is C4H12O4Pt. The second kappa shape index (κ2) is 1730. The Morgan fingerprint density at radius 2 is 0.444 bits per heavy atom. The molecule has 0 saturated heterocycles. The number of hydrogen-bond donors (Lipinski definition) is 0. The number of hydrogen-bond acceptors (Lipinski definition) is 4. The fraction of sp³-hybridized carbons (Fsp3) is 1.00. The van der Waals surface area contributed by atoms with Crippen molar-refractivity contribution in [2.75, 3.05) is 28.4 Å². The van der Waals surface area contributed by atoms with E-state index in [1.54, 1.807) is 0 Å². The summed E-state index contributed by atoms with van der Waals surface area (Å²) in [5.74, 6) is 0. The zero-order valence-corrected chi connectivity index (χ0v) is 8.22. The van der Waals surface area contributed by atoms with E-state index in [0.717, 1.165) is 28.4 Å². The van der Waals surface area contributed by atoms with Gasteiger partial charge >= 0.3 is 21.1 Å². The predicted octanol–water partition coefficient (Wildman–Crippen LogP) is -4.10. The quantitative estimate of drug-likeness (QED) is 0.454. The van der Waals surface area contributed by atoms with Crippen molar-refractivity contribution >= 4 is 0 Å². The molecule has 0 bridgehead atoms. The molecule has 0 radical (unpaired) electrons. The van der Waals surface area contributed by atoms with E-state index in [0.29, 0.717) is 0 Å². The Hall–Kier alpha value is 0.528. The van der Waals surface area contributed by atoms with Crippen molar-refractivity contribution in [1.29, 1.82) is 0 Å². The molecule has 0 heterocycles. The molecule has 0 rings (SSSR count). The van der Waals surface area contributed by atoms with Gasteiger partial charge in [0.25, 0.3) is 0 Å². The molecule has 0 saturated carbocycles. The van der Waals surface area contributed by atoms with E-state index < -0.39 is 0 Å². The van der Waals surface area contributed by atoms with Crippen molar-refractivity contribution in [1.82, 2.24) is 0 Å². The minimum absolute atomic E-state index is 0. The van der Waals surface area contributed by atoms with E-state index in [-0.39, 0.29) is 21.1 Å². The van der Waals surface area contributed by atoms with Crippen LogP contribution in [-0.2, 0) is 21.1 Å². The van der Waals surface area contributed by atoms with Crippen LogP contribution in [0.15, 0.2) is 0 Å². The van der Waals surface area contributed by atoms with Gasteiger partial charge in [-0.3, -0.25) is 0 Å². The fourth-order valence-corrected chi connectivity index (χ4v) is 0. The second-order valence-corrected chi connectivity index (χ2v) is 0. The largest absolute Gasteiger partial charge is 4.00 e. The normalized spacial score (nSPS) is 2.67. The first-order valence-electron chi connectivity index (χ1n) is 1.63. The molecule has 4 nitrogen and oxygen atoms in total. The van der Waals surface area contributed by atoms with E-state index in [4.69, 9.17) is 20.4 Å². The first-order valence-corrected chi connectivity index (χ1v) is 1.63. The van der Waals surface area contributed by atoms with Gasteiger partial charge in [-0.1, -0.05) is 0 Å². The molecule has 0 fully saturated rings. The minimum Gasteiger partial charge on any atom is -0.857 e. The Bertz CT molecular complexity index is 12.5. The van der Waals surface area contributed by atoms with E-state index in [9.17, 15) is 0 Å². The van der Waals surface area contributed by atoms with Crippen LogP contribution >= 0.6 is 0 Å². The van der Waals surface area contributed by atoms with Crippen molar-refractivity contribution < 1.29 is 41.5 Å². The summed E-state index contributed by atoms with van der Waals surface area (Å²) in [7, 11) is 3.00. The summed E-state index contributed by atoms with van der Waals surface area (Å²) in [6, 6.07) is 0. The van der Waals surface area contributed by atoms with Crippen LogP contribution in [0.2, 0.25) is 0 Å². The summed E-state index contributed by atoms with van der Waals surface area (Å²) < 4.78 is 0. The van der Waals surface area contributed by atoms with Crippen LogP contribution in [-0.4, -0.2) is 28.4 Å². The average molecular weight is 319 g/mol. The summed E-state index contributed by atoms with van der Waals surface area (Å²) in [5.41, 5.74) is 0. The van der Waals surface area contributed by atoms with E-state index in [1.807, 2.05) is 0 Å². The molecule has 0 atom stereocenters. The first-order chi connectivity index (χ1) is 4.00. The third-order valence-electron chi connectivity index (χ3n) is 0. The molecule has 0 spiro atoms. The summed E-state index contributed by atoms with van der Waals surface area (Å²) in [5, 5.41) is 33.0. The van der Waals surface area contributed by atoms with E-state index in [1.165, 1.54) is 0 Å². The van der Waals surface area contributed by atoms with Crippen LogP contribution in [0, 0.1) is 0 Å². The van der Waals surface area contributed by atoms with Crippen LogP contribution in [0.4, 0.5) is 0 Å². The monoisotopic (exact) mass is 319 g/mol. The molecular weight excluding hydrogens is 307 g/mol. The zero-order valence-electron chi connectivity index (χ0n) is 5.95. The van der Waals surface area contributed by atoms with Crippen LogP contribution < -0.4 is 20.4 Å². The van der Waals surface area contributed by atoms with Gasteiger partial charge in [-0.05, 0) is 0 Å². The Balaban J connectivity index is -0.00000000762. The third-order valence-corrected chi connectivity index (χ3v) is 0. The zero-order chi connectivity index (χ0) is 8.00. The molecule has 0 unspecified atom stereocenters. The van der Waals surface area contributed by atoms with Gasteiger partial charge in [0, 0.05) is 0 Å². The third kappa shape index (κ3) is 1300. The summed E-state index contributed by atoms with van der Waals surface area (Å²) in [6.45, 7) is 0. The minimum atomic E-state index is 0. The summed E-state index contributed by atoms with van der Waals surface area (Å²) in [6.07, 6.45) is 0. The summed E-state index contributed by atoms with van der Waals surface area (Å²) in [4.78, 5) is 0. The van der Waals surface area contributed by atoms with Gasteiger partial charge in [-0.15, -0.1) is 0 Å². The molecule has 0 aromatic rings. The van der Waals surface area contributed by atoms with Crippen molar-refractivity contribution in [3.8, 4) is 0 Å². The van der Waals surface area contributed by atoms with Gasteiger partial charge in [0.1, 0.15) is 0 Å². The first kappa shape index (κ1) is 33.8. The van der Waals surface area contributed by atoms with Crippen LogP contribution in [0.1, 0.15) is 0 Å². The maximum Gasteiger partial charge on any atom is 4.00 e. The maximum atomic E-state index is 8.25. The number of rotatable bonds is 0. The fourth-order valence-electron chi connectivity index (χ4n) is 0. The molecule has 9 heavy (non-hydrogen) atoms. The second-order valence-electron chi connectivity index (χ2n) is 0. The Labute approximate surface area is 70.4 Å². The van der Waals surface area contributed by atoms with Gasteiger partial charge in [-0.2, -0.15) is 28.4 Å². The molecule has 0 amide bonds. The van der Waals surface area contributed by atoms with E-state index in [2.05, 4.69) is 0 Å². The van der Waals surface area contributed by atoms with Gasteiger partial charge in [0.15, 0.2) is 0 Å². The smallest absolute Gasteiger partial charge is 0.857 e. The van der Waals surface area contributed by atoms with Gasteiger partial charge in [0.05, 0.1) is 0 Å². The molecule has 0 aromatic heterocycles. The van der Waals surface area contributed by atoms with Crippen LogP contribution in [0.3, 0.4) is 0 Å². The molecule has 0 aromatic carbocycles. The molecule has 0 aliphatic carbocycles. The molecule has 62 valence electrons. The molecule has 5 heteroatoms. The topological polar surface area (TPSA) is 92.2 Å². The van der Waals surface area contributed by atoms with Gasteiger partial charge in [-0.25, -0.2) is 0 Å². The van der Waals surface area contributed by atoms with Crippen molar-refractivity contribution in [2.24, 2.45) is 0 Å². The van der Waals surface area contributed by atoms with Gasteiger partial charge < -0.3 is 20.4 Å². The van der Waals surface area contributed by atoms with Crippen LogP contribution in [0.5, 0.6) is 0 Å².